The minimum Gasteiger partial charge on any atom is -0.309 e. The maximum atomic E-state index is 2.48. The Morgan fingerprint density at radius 3 is 1.00 bits per heavy atom. The number of nitrogens with zero attached hydrogens (tertiary/aromatic N) is 3. The zero-order valence-corrected chi connectivity index (χ0v) is 45.9. The fraction of sp³-hybridized carbons (Fsp3) is 0. The van der Waals surface area contributed by atoms with E-state index in [-0.39, 0.29) is 0 Å². The molecule has 82 heavy (non-hydrogen) atoms. The molecule has 13 aromatic carbocycles. The molecule has 0 bridgehead atoms. The number of benzene rings is 13. The molecule has 0 atom stereocenters. The van der Waals surface area contributed by atoms with Crippen LogP contribution in [0, 0.1) is 0 Å². The number of fused-ring (bicyclic) bond motifs is 9. The third-order valence-corrected chi connectivity index (χ3v) is 21.9. The molecular weight excluding hydrogens is 1010 g/mol. The van der Waals surface area contributed by atoms with Crippen LogP contribution in [0.1, 0.15) is 0 Å². The molecule has 0 N–H and O–H groups in total. The zero-order valence-electron chi connectivity index (χ0n) is 44.9. The molecule has 0 aliphatic heterocycles. The van der Waals surface area contributed by atoms with Crippen LogP contribution in [0.25, 0.3) is 116 Å². The van der Waals surface area contributed by atoms with Crippen molar-refractivity contribution in [1.29, 1.82) is 0 Å². The van der Waals surface area contributed by atoms with Gasteiger partial charge in [0.05, 0.1) is 33.1 Å². The van der Waals surface area contributed by atoms with E-state index in [0.717, 1.165) is 39.2 Å². The van der Waals surface area contributed by atoms with Crippen LogP contribution in [0.3, 0.4) is 0 Å². The van der Waals surface area contributed by atoms with Gasteiger partial charge in [0.1, 0.15) is 0 Å². The summed E-state index contributed by atoms with van der Waals surface area (Å²) in [5.41, 5.74) is 17.5. The van der Waals surface area contributed by atoms with E-state index in [4.69, 9.17) is 0 Å². The maximum Gasteiger partial charge on any atom is 0.179 e. The van der Waals surface area contributed by atoms with E-state index in [2.05, 4.69) is 335 Å². The lowest BCUT2D eigenvalue weighted by Gasteiger charge is -2.34. The predicted molar refractivity (Wildman–Crippen MR) is 349 cm³/mol. The van der Waals surface area contributed by atoms with Crippen molar-refractivity contribution in [2.45, 2.75) is 0 Å². The second-order valence-corrected chi connectivity index (χ2v) is 25.4. The van der Waals surface area contributed by atoms with Crippen LogP contribution in [0.2, 0.25) is 0 Å². The van der Waals surface area contributed by atoms with Gasteiger partial charge in [0, 0.05) is 49.4 Å². The fourth-order valence-corrected chi connectivity index (χ4v) is 18.3. The first kappa shape index (κ1) is 47.5. The van der Waals surface area contributed by atoms with E-state index in [0.29, 0.717) is 0 Å². The molecule has 384 valence electrons. The summed E-state index contributed by atoms with van der Waals surface area (Å²) in [6.07, 6.45) is 0. The van der Waals surface area contributed by atoms with Crippen molar-refractivity contribution in [3.63, 3.8) is 0 Å². The number of rotatable bonds is 10. The second-order valence-electron chi connectivity index (χ2n) is 21.6. The van der Waals surface area contributed by atoms with Crippen molar-refractivity contribution in [3.8, 4) is 50.4 Å². The number of hydrogen-bond donors (Lipinski definition) is 0. The summed E-state index contributed by atoms with van der Waals surface area (Å²) in [6, 6.07) is 119. The lowest BCUT2D eigenvalue weighted by Crippen LogP contribution is -2.74. The Morgan fingerprint density at radius 2 is 0.500 bits per heavy atom. The summed E-state index contributed by atoms with van der Waals surface area (Å²) < 4.78 is 7.38. The topological polar surface area (TPSA) is 14.8 Å². The van der Waals surface area contributed by atoms with E-state index < -0.39 is 8.07 Å². The lowest BCUT2D eigenvalue weighted by molar-refractivity contribution is 1.13. The molecular formula is C78H53N3Si. The molecule has 0 radical (unpaired) electrons. The third kappa shape index (κ3) is 7.57. The molecule has 0 fully saturated rings. The number of hydrogen-bond acceptors (Lipinski definition) is 0. The molecule has 3 nitrogen and oxygen atoms in total. The molecule has 16 rings (SSSR count). The van der Waals surface area contributed by atoms with Gasteiger partial charge in [0.15, 0.2) is 8.07 Å². The minimum atomic E-state index is -2.73. The zero-order chi connectivity index (χ0) is 54.1. The van der Waals surface area contributed by atoms with Gasteiger partial charge >= 0.3 is 0 Å². The molecule has 0 spiro atoms. The predicted octanol–water partition coefficient (Wildman–Crippen LogP) is 17.4. The van der Waals surface area contributed by atoms with Gasteiger partial charge in [0.25, 0.3) is 0 Å². The summed E-state index contributed by atoms with van der Waals surface area (Å²) in [5, 5.41) is 12.8. The van der Waals surface area contributed by atoms with Crippen molar-refractivity contribution < 1.29 is 0 Å². The Kier molecular flexibility index (Phi) is 11.2. The van der Waals surface area contributed by atoms with Crippen LogP contribution >= 0.6 is 0 Å². The average molecular weight is 1060 g/mol. The number of aromatic nitrogens is 3. The highest BCUT2D eigenvalue weighted by atomic mass is 28.3. The smallest absolute Gasteiger partial charge is 0.179 e. The van der Waals surface area contributed by atoms with E-state index in [1.54, 1.807) is 0 Å². The fourth-order valence-electron chi connectivity index (χ4n) is 13.5. The Balaban J connectivity index is 0.864. The first-order valence-electron chi connectivity index (χ1n) is 28.3. The highest BCUT2D eigenvalue weighted by Crippen LogP contribution is 2.41. The van der Waals surface area contributed by atoms with Gasteiger partial charge in [-0.3, -0.25) is 0 Å². The second kappa shape index (κ2) is 19.4. The quantitative estimate of drug-likeness (QED) is 0.0958. The van der Waals surface area contributed by atoms with Gasteiger partial charge in [0.2, 0.25) is 0 Å². The summed E-state index contributed by atoms with van der Waals surface area (Å²) in [5.74, 6) is 0. The van der Waals surface area contributed by atoms with Gasteiger partial charge in [-0.05, 0) is 127 Å². The van der Waals surface area contributed by atoms with Crippen LogP contribution in [0.4, 0.5) is 0 Å². The van der Waals surface area contributed by atoms with Crippen LogP contribution in [-0.2, 0) is 0 Å². The van der Waals surface area contributed by atoms with E-state index in [1.807, 2.05) is 0 Å². The van der Waals surface area contributed by atoms with Crippen LogP contribution < -0.4 is 20.7 Å². The molecule has 4 heteroatoms. The van der Waals surface area contributed by atoms with Crippen molar-refractivity contribution in [2.24, 2.45) is 0 Å². The van der Waals surface area contributed by atoms with Gasteiger partial charge in [-0.1, -0.05) is 249 Å². The first-order chi connectivity index (χ1) is 40.7. The molecule has 0 saturated heterocycles. The summed E-state index contributed by atoms with van der Waals surface area (Å²) >= 11 is 0. The molecule has 3 heterocycles. The molecule has 0 amide bonds. The Labute approximate surface area is 477 Å². The van der Waals surface area contributed by atoms with Gasteiger partial charge in [-0.25, -0.2) is 0 Å². The SMILES string of the molecule is c1ccc(-c2ccc3c(c2)c2ccccc2n3-c2ccc3c(c2)c2ccccc2n3-c2cc(-c3ccc(-c4cccc([Si](c5ccccc5)(c5ccccc5)c5ccccc5)c4)cc3)cc(-n3c4ccccc4c4ccccc43)c2)cc1. The van der Waals surface area contributed by atoms with E-state index in [9.17, 15) is 0 Å². The molecule has 0 unspecified atom stereocenters. The van der Waals surface area contributed by atoms with Crippen molar-refractivity contribution in [1.82, 2.24) is 13.7 Å². The van der Waals surface area contributed by atoms with Crippen LogP contribution in [-0.4, -0.2) is 21.8 Å². The summed E-state index contributed by atoms with van der Waals surface area (Å²) in [7, 11) is -2.73. The van der Waals surface area contributed by atoms with Crippen molar-refractivity contribution in [2.75, 3.05) is 0 Å². The van der Waals surface area contributed by atoms with Crippen LogP contribution in [0.15, 0.2) is 322 Å². The third-order valence-electron chi connectivity index (χ3n) is 17.2. The standard InChI is InChI=1S/C78H53N3Si/c1-5-22-54(23-6-1)58-44-46-77-71(51-58)69-34-15-19-38-75(69)79(77)60-45-47-78-72(53-60)70-35-16-20-39-76(70)81(78)62-49-59(48-61(52-62)80-73-36-17-13-32-67(73)68-33-14-18-37-74(68)80)56-42-40-55(41-43-56)57-24-21-31-66(50-57)82(63-25-7-2-8-26-63,64-27-9-3-10-28-64)65-29-11-4-12-30-65/h1-53H. The van der Waals surface area contributed by atoms with Gasteiger partial charge in [-0.2, -0.15) is 0 Å². The Hall–Kier alpha value is -10.5. The van der Waals surface area contributed by atoms with Crippen molar-refractivity contribution >= 4 is 94.2 Å². The van der Waals surface area contributed by atoms with Crippen molar-refractivity contribution in [3.05, 3.63) is 322 Å². The molecule has 0 saturated carbocycles. The van der Waals surface area contributed by atoms with Gasteiger partial charge in [-0.15, -0.1) is 0 Å². The first-order valence-corrected chi connectivity index (χ1v) is 30.3. The highest BCUT2D eigenvalue weighted by molar-refractivity contribution is 7.19. The van der Waals surface area contributed by atoms with Gasteiger partial charge < -0.3 is 13.7 Å². The molecule has 3 aromatic heterocycles. The molecule has 0 aliphatic rings. The molecule has 16 aromatic rings. The monoisotopic (exact) mass is 1060 g/mol. The van der Waals surface area contributed by atoms with Crippen LogP contribution in [0.5, 0.6) is 0 Å². The Morgan fingerprint density at radius 1 is 0.171 bits per heavy atom. The minimum absolute atomic E-state index is 1.10. The average Bonchev–Trinajstić information content (AvgIpc) is 3.88. The normalized spacial score (nSPS) is 11.9. The Bertz CT molecular complexity index is 4920. The summed E-state index contributed by atoms with van der Waals surface area (Å²) in [4.78, 5) is 0. The lowest BCUT2D eigenvalue weighted by atomic mass is 9.99. The van der Waals surface area contributed by atoms with E-state index in [1.165, 1.54) is 97.4 Å². The van der Waals surface area contributed by atoms with E-state index >= 15 is 0 Å². The highest BCUT2D eigenvalue weighted by Gasteiger charge is 2.41. The molecule has 0 aliphatic carbocycles. The maximum absolute atomic E-state index is 2.73. The summed E-state index contributed by atoms with van der Waals surface area (Å²) in [6.45, 7) is 0. The number of para-hydroxylation sites is 4. The largest absolute Gasteiger partial charge is 0.309 e.